The number of pyridine rings is 1. The quantitative estimate of drug-likeness (QED) is 0.826. The van der Waals surface area contributed by atoms with Gasteiger partial charge < -0.3 is 10.5 Å². The summed E-state index contributed by atoms with van der Waals surface area (Å²) in [6, 6.07) is 10.1. The number of ether oxygens (including phenoxy) is 1. The number of rotatable bonds is 2. The number of benzene rings is 1. The molecule has 0 unspecified atom stereocenters. The highest BCUT2D eigenvalue weighted by atomic mass is 35.5. The highest BCUT2D eigenvalue weighted by Crippen LogP contribution is 2.27. The van der Waals surface area contributed by atoms with Gasteiger partial charge in [-0.2, -0.15) is 5.26 Å². The average molecular weight is 246 g/mol. The van der Waals surface area contributed by atoms with Crippen molar-refractivity contribution in [3.05, 3.63) is 47.2 Å². The molecule has 0 fully saturated rings. The molecule has 1 heterocycles. The molecule has 4 nitrogen and oxygen atoms in total. The van der Waals surface area contributed by atoms with Crippen LogP contribution in [0.1, 0.15) is 5.69 Å². The van der Waals surface area contributed by atoms with E-state index in [0.717, 1.165) is 0 Å². The van der Waals surface area contributed by atoms with Crippen molar-refractivity contribution >= 4 is 17.3 Å². The lowest BCUT2D eigenvalue weighted by molar-refractivity contribution is 0.482. The minimum Gasteiger partial charge on any atom is -0.457 e. The molecule has 1 aromatic carbocycles. The fourth-order valence-corrected chi connectivity index (χ4v) is 1.41. The maximum absolute atomic E-state index is 8.70. The average Bonchev–Trinajstić information content (AvgIpc) is 2.34. The van der Waals surface area contributed by atoms with Gasteiger partial charge in [0.25, 0.3) is 0 Å². The monoisotopic (exact) mass is 245 g/mol. The number of nitrogens with zero attached hydrogens (tertiary/aromatic N) is 2. The molecule has 2 rings (SSSR count). The zero-order chi connectivity index (χ0) is 12.3. The Morgan fingerprint density at radius 3 is 2.71 bits per heavy atom. The van der Waals surface area contributed by atoms with E-state index in [4.69, 9.17) is 27.3 Å². The van der Waals surface area contributed by atoms with Crippen molar-refractivity contribution in [2.24, 2.45) is 0 Å². The summed E-state index contributed by atoms with van der Waals surface area (Å²) in [5, 5.41) is 9.13. The maximum Gasteiger partial charge on any atom is 0.144 e. The standard InChI is InChI=1S/C12H8ClN3O/c13-11-6-9(1-2-12(11)15)17-10-3-4-16-8(5-10)7-14/h1-6H,15H2. The van der Waals surface area contributed by atoms with Crippen LogP contribution in [0.15, 0.2) is 36.5 Å². The smallest absolute Gasteiger partial charge is 0.144 e. The molecule has 0 saturated heterocycles. The highest BCUT2D eigenvalue weighted by Gasteiger charge is 2.02. The number of aromatic nitrogens is 1. The first-order valence-corrected chi connectivity index (χ1v) is 5.16. The first kappa shape index (κ1) is 11.2. The van der Waals surface area contributed by atoms with E-state index < -0.39 is 0 Å². The van der Waals surface area contributed by atoms with Crippen molar-refractivity contribution in [2.75, 3.05) is 5.73 Å². The fraction of sp³-hybridized carbons (Fsp3) is 0. The van der Waals surface area contributed by atoms with E-state index >= 15 is 0 Å². The third-order valence-corrected chi connectivity index (χ3v) is 2.38. The molecular weight excluding hydrogens is 238 g/mol. The van der Waals surface area contributed by atoms with Gasteiger partial charge in [0.2, 0.25) is 0 Å². The van der Waals surface area contributed by atoms with Crippen LogP contribution in [-0.4, -0.2) is 4.98 Å². The Balaban J connectivity index is 2.25. The SMILES string of the molecule is N#Cc1cc(Oc2ccc(N)c(Cl)c2)ccn1. The predicted molar refractivity (Wildman–Crippen MR) is 64.9 cm³/mol. The highest BCUT2D eigenvalue weighted by molar-refractivity contribution is 6.33. The number of nitriles is 1. The Hall–Kier alpha value is -2.25. The minimum absolute atomic E-state index is 0.295. The van der Waals surface area contributed by atoms with E-state index in [-0.39, 0.29) is 0 Å². The summed E-state index contributed by atoms with van der Waals surface area (Å²) >= 11 is 5.87. The Kier molecular flexibility index (Phi) is 3.12. The summed E-state index contributed by atoms with van der Waals surface area (Å²) in [5.74, 6) is 1.08. The van der Waals surface area contributed by atoms with Crippen molar-refractivity contribution in [3.8, 4) is 17.6 Å². The Labute approximate surface area is 103 Å². The van der Waals surface area contributed by atoms with Gasteiger partial charge in [-0.3, -0.25) is 0 Å². The van der Waals surface area contributed by atoms with Gasteiger partial charge in [-0.05, 0) is 18.2 Å². The maximum atomic E-state index is 8.70. The van der Waals surface area contributed by atoms with Gasteiger partial charge in [0, 0.05) is 18.3 Å². The summed E-state index contributed by atoms with van der Waals surface area (Å²) in [4.78, 5) is 3.84. The molecule has 2 N–H and O–H groups in total. The first-order valence-electron chi connectivity index (χ1n) is 4.78. The van der Waals surface area contributed by atoms with Crippen LogP contribution in [0.5, 0.6) is 11.5 Å². The normalized spacial score (nSPS) is 9.65. The molecule has 0 spiro atoms. The first-order chi connectivity index (χ1) is 8.19. The van der Waals surface area contributed by atoms with Gasteiger partial charge in [-0.25, -0.2) is 4.98 Å². The van der Waals surface area contributed by atoms with Gasteiger partial charge in [0.05, 0.1) is 10.7 Å². The Bertz CT molecular complexity index is 593. The van der Waals surface area contributed by atoms with Crippen molar-refractivity contribution < 1.29 is 4.74 Å². The molecule has 0 bridgehead atoms. The minimum atomic E-state index is 0.295. The zero-order valence-corrected chi connectivity index (χ0v) is 9.48. The fourth-order valence-electron chi connectivity index (χ4n) is 1.24. The Morgan fingerprint density at radius 1 is 1.24 bits per heavy atom. The second kappa shape index (κ2) is 4.73. The molecule has 0 aliphatic carbocycles. The lowest BCUT2D eigenvalue weighted by Gasteiger charge is -2.06. The predicted octanol–water partition coefficient (Wildman–Crippen LogP) is 2.98. The second-order valence-electron chi connectivity index (χ2n) is 3.27. The van der Waals surface area contributed by atoms with Crippen LogP contribution in [0.25, 0.3) is 0 Å². The largest absolute Gasteiger partial charge is 0.457 e. The van der Waals surface area contributed by atoms with Crippen LogP contribution in [0, 0.1) is 11.3 Å². The molecule has 1 aromatic heterocycles. The summed E-state index contributed by atoms with van der Waals surface area (Å²) < 4.78 is 5.53. The van der Waals surface area contributed by atoms with Crippen molar-refractivity contribution in [2.45, 2.75) is 0 Å². The molecule has 0 saturated carbocycles. The molecule has 0 radical (unpaired) electrons. The molecule has 0 amide bonds. The third kappa shape index (κ3) is 2.65. The van der Waals surface area contributed by atoms with Crippen molar-refractivity contribution in [3.63, 3.8) is 0 Å². The van der Waals surface area contributed by atoms with Crippen molar-refractivity contribution in [1.82, 2.24) is 4.98 Å². The molecule has 0 aliphatic heterocycles. The number of hydrogen-bond donors (Lipinski definition) is 1. The number of halogens is 1. The van der Waals surface area contributed by atoms with E-state index in [1.54, 1.807) is 30.3 Å². The molecule has 5 heteroatoms. The summed E-state index contributed by atoms with van der Waals surface area (Å²) in [6.07, 6.45) is 1.51. The van der Waals surface area contributed by atoms with E-state index in [2.05, 4.69) is 4.98 Å². The topological polar surface area (TPSA) is 71.9 Å². The summed E-state index contributed by atoms with van der Waals surface area (Å²) in [5.41, 5.74) is 6.37. The molecule has 2 aromatic rings. The van der Waals surface area contributed by atoms with Gasteiger partial charge in [0.1, 0.15) is 23.3 Å². The van der Waals surface area contributed by atoms with Gasteiger partial charge >= 0.3 is 0 Å². The molecular formula is C12H8ClN3O. The van der Waals surface area contributed by atoms with Crippen LogP contribution >= 0.6 is 11.6 Å². The van der Waals surface area contributed by atoms with E-state index in [9.17, 15) is 0 Å². The summed E-state index contributed by atoms with van der Waals surface area (Å²) in [7, 11) is 0. The molecule has 0 aliphatic rings. The van der Waals surface area contributed by atoms with Gasteiger partial charge in [0.15, 0.2) is 0 Å². The number of nitrogens with two attached hydrogens (primary N) is 1. The number of anilines is 1. The third-order valence-electron chi connectivity index (χ3n) is 2.05. The molecule has 0 atom stereocenters. The molecule has 84 valence electrons. The van der Waals surface area contributed by atoms with Crippen LogP contribution in [0.2, 0.25) is 5.02 Å². The number of nitrogen functional groups attached to an aromatic ring is 1. The lowest BCUT2D eigenvalue weighted by atomic mass is 10.3. The molecule has 17 heavy (non-hydrogen) atoms. The van der Waals surface area contributed by atoms with E-state index in [0.29, 0.717) is 27.9 Å². The van der Waals surface area contributed by atoms with Crippen LogP contribution in [0.4, 0.5) is 5.69 Å². The van der Waals surface area contributed by atoms with E-state index in [1.807, 2.05) is 6.07 Å². The lowest BCUT2D eigenvalue weighted by Crippen LogP contribution is -1.89. The van der Waals surface area contributed by atoms with Gasteiger partial charge in [-0.1, -0.05) is 11.6 Å². The zero-order valence-electron chi connectivity index (χ0n) is 8.72. The Morgan fingerprint density at radius 2 is 2.00 bits per heavy atom. The van der Waals surface area contributed by atoms with Gasteiger partial charge in [-0.15, -0.1) is 0 Å². The van der Waals surface area contributed by atoms with E-state index in [1.165, 1.54) is 6.20 Å². The number of hydrogen-bond acceptors (Lipinski definition) is 4. The van der Waals surface area contributed by atoms with Crippen LogP contribution in [-0.2, 0) is 0 Å². The van der Waals surface area contributed by atoms with Crippen LogP contribution in [0.3, 0.4) is 0 Å². The summed E-state index contributed by atoms with van der Waals surface area (Å²) in [6.45, 7) is 0. The van der Waals surface area contributed by atoms with Crippen molar-refractivity contribution in [1.29, 1.82) is 5.26 Å². The van der Waals surface area contributed by atoms with Crippen LogP contribution < -0.4 is 10.5 Å². The second-order valence-corrected chi connectivity index (χ2v) is 3.68.